The summed E-state index contributed by atoms with van der Waals surface area (Å²) in [5.41, 5.74) is 5.91. The van der Waals surface area contributed by atoms with E-state index in [1.807, 2.05) is 42.7 Å². The molecule has 0 bridgehead atoms. The molecule has 0 saturated carbocycles. The zero-order chi connectivity index (χ0) is 18.5. The topological polar surface area (TPSA) is 67.3 Å². The summed E-state index contributed by atoms with van der Waals surface area (Å²) in [6.07, 6.45) is 5.49. The van der Waals surface area contributed by atoms with Crippen LogP contribution in [-0.4, -0.2) is 24.9 Å². The van der Waals surface area contributed by atoms with Crippen molar-refractivity contribution < 1.29 is 0 Å². The molecule has 6 heteroatoms. The van der Waals surface area contributed by atoms with Crippen LogP contribution >= 0.6 is 11.3 Å². The summed E-state index contributed by atoms with van der Waals surface area (Å²) in [5.74, 6) is 0.818. The van der Waals surface area contributed by atoms with Gasteiger partial charge in [0.2, 0.25) is 0 Å². The molecule has 6 rings (SSSR count). The number of nitrogens with zero attached hydrogens (tertiary/aromatic N) is 4. The summed E-state index contributed by atoms with van der Waals surface area (Å²) in [6.45, 7) is 0. The Morgan fingerprint density at radius 1 is 0.786 bits per heavy atom. The Morgan fingerprint density at radius 3 is 2.71 bits per heavy atom. The highest BCUT2D eigenvalue weighted by atomic mass is 32.1. The van der Waals surface area contributed by atoms with Crippen LogP contribution in [-0.2, 0) is 0 Å². The molecule has 6 aromatic rings. The summed E-state index contributed by atoms with van der Waals surface area (Å²) in [6, 6.07) is 18.3. The van der Waals surface area contributed by atoms with Crippen molar-refractivity contribution >= 4 is 43.5 Å². The van der Waals surface area contributed by atoms with Gasteiger partial charge in [0.1, 0.15) is 10.8 Å². The van der Waals surface area contributed by atoms with E-state index in [1.54, 1.807) is 17.5 Å². The van der Waals surface area contributed by atoms with E-state index in [0.29, 0.717) is 0 Å². The van der Waals surface area contributed by atoms with Gasteiger partial charge in [-0.2, -0.15) is 0 Å². The van der Waals surface area contributed by atoms with Crippen LogP contribution in [0.4, 0.5) is 0 Å². The van der Waals surface area contributed by atoms with Crippen molar-refractivity contribution in [3.63, 3.8) is 0 Å². The summed E-state index contributed by atoms with van der Waals surface area (Å²) >= 11 is 1.65. The SMILES string of the molecule is c1ccc2ncc(-c3nc4ccc(-c5nc6ccncc6s5)cc4[nH]3)cc2c1. The van der Waals surface area contributed by atoms with E-state index in [-0.39, 0.29) is 0 Å². The number of pyridine rings is 2. The number of imidazole rings is 1. The molecular formula is C22H13N5S. The number of thiazole rings is 1. The lowest BCUT2D eigenvalue weighted by Crippen LogP contribution is -1.84. The Hall–Kier alpha value is -3.64. The normalized spacial score (nSPS) is 11.6. The third-order valence-electron chi connectivity index (χ3n) is 4.78. The number of nitrogens with one attached hydrogen (secondary N) is 1. The van der Waals surface area contributed by atoms with Crippen molar-refractivity contribution in [1.29, 1.82) is 0 Å². The Labute approximate surface area is 163 Å². The maximum atomic E-state index is 4.74. The molecule has 4 heterocycles. The number of aromatic nitrogens is 5. The minimum atomic E-state index is 0.818. The summed E-state index contributed by atoms with van der Waals surface area (Å²) in [7, 11) is 0. The summed E-state index contributed by atoms with van der Waals surface area (Å²) in [5, 5.41) is 2.08. The minimum Gasteiger partial charge on any atom is -0.338 e. The maximum Gasteiger partial charge on any atom is 0.140 e. The monoisotopic (exact) mass is 379 g/mol. The average molecular weight is 379 g/mol. The molecule has 0 unspecified atom stereocenters. The molecule has 0 amide bonds. The number of H-pyrrole nitrogens is 1. The molecule has 0 atom stereocenters. The number of benzene rings is 2. The maximum absolute atomic E-state index is 4.74. The summed E-state index contributed by atoms with van der Waals surface area (Å²) < 4.78 is 1.09. The molecule has 0 aliphatic carbocycles. The molecule has 132 valence electrons. The van der Waals surface area contributed by atoms with E-state index in [1.165, 1.54) is 0 Å². The number of hydrogen-bond donors (Lipinski definition) is 1. The van der Waals surface area contributed by atoms with Crippen LogP contribution in [0.2, 0.25) is 0 Å². The van der Waals surface area contributed by atoms with Crippen molar-refractivity contribution in [3.05, 3.63) is 73.2 Å². The number of fused-ring (bicyclic) bond motifs is 3. The van der Waals surface area contributed by atoms with Crippen LogP contribution in [0.1, 0.15) is 0 Å². The Kier molecular flexibility index (Phi) is 3.27. The van der Waals surface area contributed by atoms with Gasteiger partial charge in [-0.1, -0.05) is 18.2 Å². The van der Waals surface area contributed by atoms with E-state index >= 15 is 0 Å². The molecular weight excluding hydrogens is 366 g/mol. The van der Waals surface area contributed by atoms with Crippen molar-refractivity contribution in [2.75, 3.05) is 0 Å². The van der Waals surface area contributed by atoms with Gasteiger partial charge in [0.25, 0.3) is 0 Å². The third-order valence-corrected chi connectivity index (χ3v) is 5.84. The van der Waals surface area contributed by atoms with Gasteiger partial charge in [0.05, 0.1) is 26.8 Å². The van der Waals surface area contributed by atoms with Gasteiger partial charge >= 0.3 is 0 Å². The fourth-order valence-corrected chi connectivity index (χ4v) is 4.31. The molecule has 0 saturated heterocycles. The molecule has 28 heavy (non-hydrogen) atoms. The predicted molar refractivity (Wildman–Crippen MR) is 113 cm³/mol. The Balaban J connectivity index is 1.45. The molecule has 2 aromatic carbocycles. The number of para-hydroxylation sites is 1. The van der Waals surface area contributed by atoms with Crippen molar-refractivity contribution in [2.45, 2.75) is 0 Å². The zero-order valence-electron chi connectivity index (χ0n) is 14.6. The van der Waals surface area contributed by atoms with Gasteiger partial charge < -0.3 is 4.98 Å². The van der Waals surface area contributed by atoms with Gasteiger partial charge in [-0.3, -0.25) is 9.97 Å². The fourth-order valence-electron chi connectivity index (χ4n) is 3.38. The molecule has 5 nitrogen and oxygen atoms in total. The van der Waals surface area contributed by atoms with Crippen LogP contribution in [0.3, 0.4) is 0 Å². The first-order chi connectivity index (χ1) is 13.8. The van der Waals surface area contributed by atoms with Gasteiger partial charge in [0.15, 0.2) is 0 Å². The first kappa shape index (κ1) is 15.4. The predicted octanol–water partition coefficient (Wildman–Crippen LogP) is 5.45. The standard InChI is InChI=1S/C22H13N5S/c1-2-4-16-13(3-1)9-15(11-24-16)21-25-17-6-5-14(10-19(17)26-21)22-27-18-7-8-23-12-20(18)28-22/h1-12H,(H,25,26). The molecule has 4 aromatic heterocycles. The largest absolute Gasteiger partial charge is 0.338 e. The lowest BCUT2D eigenvalue weighted by Gasteiger charge is -1.99. The molecule has 0 radical (unpaired) electrons. The van der Waals surface area contributed by atoms with Crippen molar-refractivity contribution in [2.24, 2.45) is 0 Å². The highest BCUT2D eigenvalue weighted by Crippen LogP contribution is 2.32. The van der Waals surface area contributed by atoms with Crippen LogP contribution in [0.25, 0.3) is 54.1 Å². The number of hydrogen-bond acceptors (Lipinski definition) is 5. The van der Waals surface area contributed by atoms with Crippen LogP contribution in [0.15, 0.2) is 73.2 Å². The van der Waals surface area contributed by atoms with E-state index in [9.17, 15) is 0 Å². The van der Waals surface area contributed by atoms with E-state index < -0.39 is 0 Å². The van der Waals surface area contributed by atoms with Crippen molar-refractivity contribution in [3.8, 4) is 22.0 Å². The highest BCUT2D eigenvalue weighted by Gasteiger charge is 2.11. The first-order valence-corrected chi connectivity index (χ1v) is 9.71. The van der Waals surface area contributed by atoms with Gasteiger partial charge in [-0.25, -0.2) is 9.97 Å². The van der Waals surface area contributed by atoms with E-state index in [0.717, 1.165) is 54.1 Å². The van der Waals surface area contributed by atoms with Gasteiger partial charge in [-0.15, -0.1) is 11.3 Å². The second-order valence-corrected chi connectivity index (χ2v) is 7.63. The molecule has 0 aliphatic rings. The van der Waals surface area contributed by atoms with E-state index in [2.05, 4.69) is 39.2 Å². The third kappa shape index (κ3) is 2.46. The number of rotatable bonds is 2. The van der Waals surface area contributed by atoms with Crippen LogP contribution in [0, 0.1) is 0 Å². The fraction of sp³-hybridized carbons (Fsp3) is 0. The molecule has 0 fully saturated rings. The first-order valence-electron chi connectivity index (χ1n) is 8.89. The average Bonchev–Trinajstić information content (AvgIpc) is 3.37. The highest BCUT2D eigenvalue weighted by molar-refractivity contribution is 7.21. The second kappa shape index (κ2) is 5.94. The lowest BCUT2D eigenvalue weighted by molar-refractivity contribution is 1.31. The van der Waals surface area contributed by atoms with Gasteiger partial charge in [0, 0.05) is 35.1 Å². The molecule has 1 N–H and O–H groups in total. The minimum absolute atomic E-state index is 0.818. The molecule has 0 aliphatic heterocycles. The molecule has 0 spiro atoms. The number of aromatic amines is 1. The van der Waals surface area contributed by atoms with Crippen LogP contribution in [0.5, 0.6) is 0 Å². The van der Waals surface area contributed by atoms with Crippen LogP contribution < -0.4 is 0 Å². The quantitative estimate of drug-likeness (QED) is 0.434. The van der Waals surface area contributed by atoms with E-state index in [4.69, 9.17) is 9.97 Å². The second-order valence-electron chi connectivity index (χ2n) is 6.60. The smallest absolute Gasteiger partial charge is 0.140 e. The Bertz CT molecular complexity index is 1450. The van der Waals surface area contributed by atoms with Crippen molar-refractivity contribution in [1.82, 2.24) is 24.9 Å². The Morgan fingerprint density at radius 2 is 1.75 bits per heavy atom. The summed E-state index contributed by atoms with van der Waals surface area (Å²) in [4.78, 5) is 21.6. The zero-order valence-corrected chi connectivity index (χ0v) is 15.4. The van der Waals surface area contributed by atoms with Gasteiger partial charge in [-0.05, 0) is 36.4 Å². The lowest BCUT2D eigenvalue weighted by atomic mass is 10.1.